The summed E-state index contributed by atoms with van der Waals surface area (Å²) >= 11 is 0. The third kappa shape index (κ3) is 5.86. The molecule has 0 atom stereocenters. The Bertz CT molecular complexity index is 1220. The molecule has 0 aliphatic heterocycles. The highest BCUT2D eigenvalue weighted by atomic mass is 16.5. The van der Waals surface area contributed by atoms with E-state index < -0.39 is 0 Å². The number of anilines is 2. The highest BCUT2D eigenvalue weighted by molar-refractivity contribution is 6.04. The summed E-state index contributed by atoms with van der Waals surface area (Å²) in [7, 11) is 6.10. The minimum atomic E-state index is -0.214. The second-order valence-corrected chi connectivity index (χ2v) is 7.34. The van der Waals surface area contributed by atoms with Crippen molar-refractivity contribution in [3.63, 3.8) is 0 Å². The van der Waals surface area contributed by atoms with E-state index in [1.54, 1.807) is 75.9 Å². The molecule has 0 fully saturated rings. The Labute approximate surface area is 204 Å². The van der Waals surface area contributed by atoms with Crippen LogP contribution in [0.2, 0.25) is 0 Å². The Morgan fingerprint density at radius 1 is 0.857 bits per heavy atom. The fraction of sp³-hybridized carbons (Fsp3) is 0.148. The van der Waals surface area contributed by atoms with Crippen molar-refractivity contribution in [1.82, 2.24) is 0 Å². The van der Waals surface area contributed by atoms with Crippen molar-refractivity contribution >= 4 is 29.3 Å². The summed E-state index contributed by atoms with van der Waals surface area (Å²) in [4.78, 5) is 12.4. The van der Waals surface area contributed by atoms with E-state index in [2.05, 4.69) is 5.32 Å². The summed E-state index contributed by atoms with van der Waals surface area (Å²) in [5, 5.41) is 13.7. The van der Waals surface area contributed by atoms with Crippen LogP contribution in [-0.2, 0) is 0 Å². The fourth-order valence-corrected chi connectivity index (χ4v) is 3.37. The van der Waals surface area contributed by atoms with Crippen LogP contribution in [0, 0.1) is 0 Å². The number of nitrogens with two attached hydrogens (primary N) is 1. The van der Waals surface area contributed by atoms with Gasteiger partial charge in [0.25, 0.3) is 0 Å². The quantitative estimate of drug-likeness (QED) is 0.123. The molecule has 182 valence electrons. The lowest BCUT2D eigenvalue weighted by atomic mass is 10.1. The van der Waals surface area contributed by atoms with Crippen LogP contribution in [0.3, 0.4) is 0 Å². The number of hydrogen-bond acceptors (Lipinski definition) is 8. The number of allylic oxidation sites excluding steroid dienone is 1. The predicted octanol–water partition coefficient (Wildman–Crippen LogP) is 4.99. The lowest BCUT2D eigenvalue weighted by Gasteiger charge is -2.13. The Hall–Kier alpha value is -4.59. The standard InChI is InChI=1S/C27H28N2O6/c1-32-22-12-9-19(6-5-17-15-23(33-2)27(35-4)24(16-17)34-3)25(26(22)31)29-14-13-21(30)18-7-10-20(28)11-8-18/h5-16,29,31H,28H2,1-4H3. The molecule has 0 amide bonds. The zero-order valence-electron chi connectivity index (χ0n) is 20.0. The number of nitrogens with one attached hydrogen (secondary N) is 1. The number of benzene rings is 3. The van der Waals surface area contributed by atoms with E-state index in [0.717, 1.165) is 5.56 Å². The first-order chi connectivity index (χ1) is 16.9. The van der Waals surface area contributed by atoms with Crippen molar-refractivity contribution in [3.05, 3.63) is 77.5 Å². The van der Waals surface area contributed by atoms with Gasteiger partial charge < -0.3 is 35.1 Å². The summed E-state index contributed by atoms with van der Waals surface area (Å²) in [5.74, 6) is 1.51. The van der Waals surface area contributed by atoms with Crippen LogP contribution in [-0.4, -0.2) is 39.3 Å². The van der Waals surface area contributed by atoms with Crippen LogP contribution in [0.1, 0.15) is 21.5 Å². The maximum atomic E-state index is 12.4. The number of phenolic OH excluding ortho intramolecular Hbond substituents is 1. The number of nitrogen functional groups attached to an aromatic ring is 1. The zero-order valence-corrected chi connectivity index (χ0v) is 20.0. The molecule has 8 nitrogen and oxygen atoms in total. The SMILES string of the molecule is COc1ccc(C=Cc2cc(OC)c(OC)c(OC)c2)c(NC=CC(=O)c2ccc(N)cc2)c1O. The maximum absolute atomic E-state index is 12.4. The Balaban J connectivity index is 1.91. The van der Waals surface area contributed by atoms with E-state index >= 15 is 0 Å². The third-order valence-electron chi connectivity index (χ3n) is 5.19. The smallest absolute Gasteiger partial charge is 0.203 e. The summed E-state index contributed by atoms with van der Waals surface area (Å²) < 4.78 is 21.4. The molecule has 3 rings (SSSR count). The minimum Gasteiger partial charge on any atom is -0.503 e. The summed E-state index contributed by atoms with van der Waals surface area (Å²) in [6.45, 7) is 0. The van der Waals surface area contributed by atoms with E-state index in [1.807, 2.05) is 6.08 Å². The van der Waals surface area contributed by atoms with Crippen LogP contribution in [0.5, 0.6) is 28.7 Å². The van der Waals surface area contributed by atoms with Crippen molar-refractivity contribution < 1.29 is 28.8 Å². The van der Waals surface area contributed by atoms with Crippen LogP contribution in [0.15, 0.2) is 60.8 Å². The van der Waals surface area contributed by atoms with Crippen LogP contribution in [0.4, 0.5) is 11.4 Å². The van der Waals surface area contributed by atoms with Crippen molar-refractivity contribution in [3.8, 4) is 28.7 Å². The molecular weight excluding hydrogens is 448 g/mol. The topological polar surface area (TPSA) is 112 Å². The number of ether oxygens (including phenoxy) is 4. The average molecular weight is 477 g/mol. The summed E-state index contributed by atoms with van der Waals surface area (Å²) in [6.07, 6.45) is 6.47. The highest BCUT2D eigenvalue weighted by Gasteiger charge is 2.14. The number of methoxy groups -OCH3 is 4. The first-order valence-corrected chi connectivity index (χ1v) is 10.6. The monoisotopic (exact) mass is 476 g/mol. The highest BCUT2D eigenvalue weighted by Crippen LogP contribution is 2.40. The van der Waals surface area contributed by atoms with Crippen LogP contribution in [0.25, 0.3) is 12.2 Å². The van der Waals surface area contributed by atoms with Crippen molar-refractivity contribution in [1.29, 1.82) is 0 Å². The maximum Gasteiger partial charge on any atom is 0.203 e. The van der Waals surface area contributed by atoms with Crippen molar-refractivity contribution in [2.75, 3.05) is 39.5 Å². The zero-order chi connectivity index (χ0) is 25.4. The van der Waals surface area contributed by atoms with Gasteiger partial charge in [-0.05, 0) is 54.1 Å². The van der Waals surface area contributed by atoms with Gasteiger partial charge in [0.15, 0.2) is 28.8 Å². The molecule has 4 N–H and O–H groups in total. The average Bonchev–Trinajstić information content (AvgIpc) is 2.88. The van der Waals surface area contributed by atoms with Gasteiger partial charge in [-0.2, -0.15) is 0 Å². The summed E-state index contributed by atoms with van der Waals surface area (Å²) in [5.41, 5.74) is 8.56. The number of phenols is 1. The van der Waals surface area contributed by atoms with E-state index in [9.17, 15) is 9.90 Å². The van der Waals surface area contributed by atoms with Gasteiger partial charge in [0.05, 0.1) is 34.1 Å². The van der Waals surface area contributed by atoms with Crippen molar-refractivity contribution in [2.45, 2.75) is 0 Å². The molecule has 0 unspecified atom stereocenters. The Morgan fingerprint density at radius 2 is 1.49 bits per heavy atom. The molecular formula is C27H28N2O6. The molecule has 0 aliphatic rings. The molecule has 0 radical (unpaired) electrons. The van der Waals surface area contributed by atoms with Gasteiger partial charge in [-0.3, -0.25) is 4.79 Å². The number of ketones is 1. The number of hydrogen-bond donors (Lipinski definition) is 3. The van der Waals surface area contributed by atoms with E-state index in [0.29, 0.717) is 39.8 Å². The number of carbonyl (C=O) groups excluding carboxylic acids is 1. The van der Waals surface area contributed by atoms with Crippen LogP contribution >= 0.6 is 0 Å². The second-order valence-electron chi connectivity index (χ2n) is 7.34. The van der Waals surface area contributed by atoms with Gasteiger partial charge in [-0.15, -0.1) is 0 Å². The van der Waals surface area contributed by atoms with E-state index in [-0.39, 0.29) is 17.3 Å². The molecule has 0 aliphatic carbocycles. The van der Waals surface area contributed by atoms with Crippen LogP contribution < -0.4 is 30.0 Å². The number of aromatic hydroxyl groups is 1. The largest absolute Gasteiger partial charge is 0.503 e. The molecule has 3 aromatic rings. The van der Waals surface area contributed by atoms with Gasteiger partial charge in [-0.1, -0.05) is 12.2 Å². The molecule has 35 heavy (non-hydrogen) atoms. The lowest BCUT2D eigenvalue weighted by molar-refractivity contribution is 0.104. The molecule has 0 aromatic heterocycles. The van der Waals surface area contributed by atoms with E-state index in [4.69, 9.17) is 24.7 Å². The fourth-order valence-electron chi connectivity index (χ4n) is 3.37. The number of rotatable bonds is 10. The number of carbonyl (C=O) groups is 1. The third-order valence-corrected chi connectivity index (χ3v) is 5.19. The molecule has 0 bridgehead atoms. The van der Waals surface area contributed by atoms with Gasteiger partial charge in [0.1, 0.15) is 0 Å². The second kappa shape index (κ2) is 11.5. The van der Waals surface area contributed by atoms with Gasteiger partial charge >= 0.3 is 0 Å². The Morgan fingerprint density at radius 3 is 2.06 bits per heavy atom. The van der Waals surface area contributed by atoms with E-state index in [1.165, 1.54) is 19.4 Å². The predicted molar refractivity (Wildman–Crippen MR) is 138 cm³/mol. The molecule has 0 heterocycles. The van der Waals surface area contributed by atoms with Gasteiger partial charge in [0, 0.05) is 29.1 Å². The molecule has 0 saturated carbocycles. The van der Waals surface area contributed by atoms with Crippen molar-refractivity contribution in [2.24, 2.45) is 0 Å². The first-order valence-electron chi connectivity index (χ1n) is 10.6. The molecule has 8 heteroatoms. The van der Waals surface area contributed by atoms with Gasteiger partial charge in [0.2, 0.25) is 5.75 Å². The minimum absolute atomic E-state index is 0.0934. The normalized spacial score (nSPS) is 11.0. The van der Waals surface area contributed by atoms with Gasteiger partial charge in [-0.25, -0.2) is 0 Å². The molecule has 3 aromatic carbocycles. The summed E-state index contributed by atoms with van der Waals surface area (Å²) in [6, 6.07) is 13.7. The lowest BCUT2D eigenvalue weighted by Crippen LogP contribution is -1.98. The molecule has 0 saturated heterocycles. The Kier molecular flexibility index (Phi) is 8.24. The first kappa shape index (κ1) is 25.0. The molecule has 0 spiro atoms.